The SMILES string of the molecule is NCc1ccc(S(=O)(=O)N2CCC(CO)C2)cc1Cl. The molecular weight excluding hydrogens is 288 g/mol. The van der Waals surface area contributed by atoms with Crippen LogP contribution in [-0.2, 0) is 16.6 Å². The molecule has 1 saturated heterocycles. The van der Waals surface area contributed by atoms with Crippen LogP contribution in [0.3, 0.4) is 0 Å². The zero-order valence-electron chi connectivity index (χ0n) is 10.4. The van der Waals surface area contributed by atoms with Crippen LogP contribution in [0.15, 0.2) is 23.1 Å². The third-order valence-corrected chi connectivity index (χ3v) is 5.60. The Morgan fingerprint density at radius 2 is 2.21 bits per heavy atom. The number of nitrogens with zero attached hydrogens (tertiary/aromatic N) is 1. The summed E-state index contributed by atoms with van der Waals surface area (Å²) in [7, 11) is -3.53. The fourth-order valence-electron chi connectivity index (χ4n) is 2.17. The number of nitrogens with two attached hydrogens (primary N) is 1. The summed E-state index contributed by atoms with van der Waals surface area (Å²) >= 11 is 6.00. The summed E-state index contributed by atoms with van der Waals surface area (Å²) in [5.41, 5.74) is 6.21. The maximum absolute atomic E-state index is 12.4. The number of aliphatic hydroxyl groups excluding tert-OH is 1. The molecule has 0 radical (unpaired) electrons. The first-order valence-electron chi connectivity index (χ1n) is 6.08. The highest BCUT2D eigenvalue weighted by molar-refractivity contribution is 7.89. The molecule has 1 aromatic carbocycles. The van der Waals surface area contributed by atoms with Crippen LogP contribution in [0.25, 0.3) is 0 Å². The molecule has 2 rings (SSSR count). The molecule has 1 aliphatic rings. The summed E-state index contributed by atoms with van der Waals surface area (Å²) in [6.07, 6.45) is 0.685. The molecule has 5 nitrogen and oxygen atoms in total. The van der Waals surface area contributed by atoms with Gasteiger partial charge in [0, 0.05) is 31.3 Å². The smallest absolute Gasteiger partial charge is 0.243 e. The Balaban J connectivity index is 2.27. The van der Waals surface area contributed by atoms with Crippen LogP contribution in [0.5, 0.6) is 0 Å². The molecule has 19 heavy (non-hydrogen) atoms. The van der Waals surface area contributed by atoms with Crippen LogP contribution >= 0.6 is 11.6 Å². The van der Waals surface area contributed by atoms with Gasteiger partial charge in [-0.25, -0.2) is 8.42 Å². The summed E-state index contributed by atoms with van der Waals surface area (Å²) in [5.74, 6) is 0.0218. The van der Waals surface area contributed by atoms with E-state index in [-0.39, 0.29) is 24.0 Å². The molecule has 0 bridgehead atoms. The predicted octanol–water partition coefficient (Wildman–Crippen LogP) is 0.802. The Labute approximate surface area is 118 Å². The van der Waals surface area contributed by atoms with E-state index in [0.29, 0.717) is 24.5 Å². The Bertz CT molecular complexity index is 562. The Kier molecular flexibility index (Phi) is 4.47. The lowest BCUT2D eigenvalue weighted by atomic mass is 10.1. The number of hydrogen-bond acceptors (Lipinski definition) is 4. The van der Waals surface area contributed by atoms with Gasteiger partial charge in [-0.15, -0.1) is 0 Å². The standard InChI is InChI=1S/C12H17ClN2O3S/c13-12-5-11(2-1-10(12)6-14)19(17,18)15-4-3-9(7-15)8-16/h1-2,5,9,16H,3-4,6-8,14H2. The molecule has 1 aliphatic heterocycles. The molecule has 3 N–H and O–H groups in total. The van der Waals surface area contributed by atoms with Crippen LogP contribution in [0.2, 0.25) is 5.02 Å². The lowest BCUT2D eigenvalue weighted by Gasteiger charge is -2.17. The van der Waals surface area contributed by atoms with Gasteiger partial charge in [-0.1, -0.05) is 17.7 Å². The normalized spacial score (nSPS) is 20.9. The van der Waals surface area contributed by atoms with E-state index in [0.717, 1.165) is 5.56 Å². The highest BCUT2D eigenvalue weighted by Crippen LogP contribution is 2.27. The molecule has 0 saturated carbocycles. The minimum absolute atomic E-state index is 0.0128. The van der Waals surface area contributed by atoms with Gasteiger partial charge in [-0.05, 0) is 30.0 Å². The molecular formula is C12H17ClN2O3S. The van der Waals surface area contributed by atoms with Crippen LogP contribution < -0.4 is 5.73 Å². The molecule has 0 spiro atoms. The van der Waals surface area contributed by atoms with E-state index >= 15 is 0 Å². The highest BCUT2D eigenvalue weighted by atomic mass is 35.5. The molecule has 0 amide bonds. The molecule has 7 heteroatoms. The van der Waals surface area contributed by atoms with Crippen molar-refractivity contribution in [1.29, 1.82) is 0 Å². The molecule has 0 aliphatic carbocycles. The maximum atomic E-state index is 12.4. The van der Waals surface area contributed by atoms with Gasteiger partial charge in [0.25, 0.3) is 0 Å². The van der Waals surface area contributed by atoms with Crippen molar-refractivity contribution in [3.8, 4) is 0 Å². The quantitative estimate of drug-likeness (QED) is 0.862. The average Bonchev–Trinajstić information content (AvgIpc) is 2.88. The zero-order chi connectivity index (χ0) is 14.0. The number of sulfonamides is 1. The first-order chi connectivity index (χ1) is 8.98. The largest absolute Gasteiger partial charge is 0.396 e. The number of halogens is 1. The maximum Gasteiger partial charge on any atom is 0.243 e. The summed E-state index contributed by atoms with van der Waals surface area (Å²) in [6.45, 7) is 1.08. The van der Waals surface area contributed by atoms with E-state index in [4.69, 9.17) is 22.4 Å². The highest BCUT2D eigenvalue weighted by Gasteiger charge is 2.32. The second kappa shape index (κ2) is 5.76. The number of rotatable bonds is 4. The topological polar surface area (TPSA) is 83.6 Å². The van der Waals surface area contributed by atoms with Crippen molar-refractivity contribution >= 4 is 21.6 Å². The van der Waals surface area contributed by atoms with Crippen LogP contribution in [0.1, 0.15) is 12.0 Å². The van der Waals surface area contributed by atoms with E-state index in [9.17, 15) is 8.42 Å². The Morgan fingerprint density at radius 1 is 1.47 bits per heavy atom. The van der Waals surface area contributed by atoms with Crippen molar-refractivity contribution in [2.75, 3.05) is 19.7 Å². The summed E-state index contributed by atoms with van der Waals surface area (Å²) in [5, 5.41) is 9.44. The molecule has 0 aromatic heterocycles. The van der Waals surface area contributed by atoms with E-state index in [1.54, 1.807) is 6.07 Å². The molecule has 1 unspecified atom stereocenters. The summed E-state index contributed by atoms with van der Waals surface area (Å²) in [4.78, 5) is 0.174. The van der Waals surface area contributed by atoms with Gasteiger partial charge in [-0.3, -0.25) is 0 Å². The van der Waals surface area contributed by atoms with Gasteiger partial charge in [0.2, 0.25) is 10.0 Å². The van der Waals surface area contributed by atoms with E-state index in [1.165, 1.54) is 16.4 Å². The van der Waals surface area contributed by atoms with Gasteiger partial charge in [0.15, 0.2) is 0 Å². The van der Waals surface area contributed by atoms with Crippen LogP contribution in [0.4, 0.5) is 0 Å². The summed E-state index contributed by atoms with van der Waals surface area (Å²) in [6, 6.07) is 4.59. The fraction of sp³-hybridized carbons (Fsp3) is 0.500. The molecule has 1 heterocycles. The van der Waals surface area contributed by atoms with Gasteiger partial charge in [0.05, 0.1) is 4.90 Å². The molecule has 106 valence electrons. The minimum atomic E-state index is -3.53. The first-order valence-corrected chi connectivity index (χ1v) is 7.90. The molecule has 1 aromatic rings. The Hall–Kier alpha value is -0.660. The third kappa shape index (κ3) is 2.93. The number of benzene rings is 1. The van der Waals surface area contributed by atoms with E-state index < -0.39 is 10.0 Å². The number of aliphatic hydroxyl groups is 1. The number of hydrogen-bond donors (Lipinski definition) is 2. The monoisotopic (exact) mass is 304 g/mol. The Morgan fingerprint density at radius 3 is 2.74 bits per heavy atom. The summed E-state index contributed by atoms with van der Waals surface area (Å²) < 4.78 is 26.2. The van der Waals surface area contributed by atoms with Crippen molar-refractivity contribution in [2.24, 2.45) is 11.7 Å². The average molecular weight is 305 g/mol. The lowest BCUT2D eigenvalue weighted by molar-refractivity contribution is 0.233. The third-order valence-electron chi connectivity index (χ3n) is 3.39. The molecule has 1 fully saturated rings. The van der Waals surface area contributed by atoms with Crippen molar-refractivity contribution in [1.82, 2.24) is 4.31 Å². The van der Waals surface area contributed by atoms with Crippen molar-refractivity contribution in [2.45, 2.75) is 17.9 Å². The fourth-order valence-corrected chi connectivity index (χ4v) is 4.05. The minimum Gasteiger partial charge on any atom is -0.396 e. The predicted molar refractivity (Wildman–Crippen MR) is 73.3 cm³/mol. The lowest BCUT2D eigenvalue weighted by Crippen LogP contribution is -2.29. The second-order valence-electron chi connectivity index (χ2n) is 4.66. The first kappa shape index (κ1) is 14.7. The van der Waals surface area contributed by atoms with Gasteiger partial charge in [-0.2, -0.15) is 4.31 Å². The van der Waals surface area contributed by atoms with Gasteiger partial charge >= 0.3 is 0 Å². The van der Waals surface area contributed by atoms with E-state index in [2.05, 4.69) is 0 Å². The van der Waals surface area contributed by atoms with Crippen molar-refractivity contribution < 1.29 is 13.5 Å². The van der Waals surface area contributed by atoms with Crippen LogP contribution in [-0.4, -0.2) is 37.5 Å². The zero-order valence-corrected chi connectivity index (χ0v) is 12.0. The second-order valence-corrected chi connectivity index (χ2v) is 7.00. The van der Waals surface area contributed by atoms with Gasteiger partial charge < -0.3 is 10.8 Å². The molecule has 1 atom stereocenters. The van der Waals surface area contributed by atoms with Gasteiger partial charge in [0.1, 0.15) is 0 Å². The van der Waals surface area contributed by atoms with Crippen molar-refractivity contribution in [3.63, 3.8) is 0 Å². The van der Waals surface area contributed by atoms with Crippen LogP contribution in [0, 0.1) is 5.92 Å². The van der Waals surface area contributed by atoms with Crippen molar-refractivity contribution in [3.05, 3.63) is 28.8 Å². The van der Waals surface area contributed by atoms with E-state index in [1.807, 2.05) is 0 Å².